The Hall–Kier alpha value is -2.88. The number of nitrogen functional groups attached to an aromatic ring is 1. The first-order valence-electron chi connectivity index (χ1n) is 8.24. The van der Waals surface area contributed by atoms with Crippen molar-refractivity contribution in [2.45, 2.75) is 6.92 Å². The van der Waals surface area contributed by atoms with Crippen LogP contribution in [0, 0.1) is 3.57 Å². The van der Waals surface area contributed by atoms with Crippen molar-refractivity contribution < 1.29 is 9.53 Å². The fourth-order valence-corrected chi connectivity index (χ4v) is 2.70. The van der Waals surface area contributed by atoms with E-state index in [4.69, 9.17) is 10.5 Å². The van der Waals surface area contributed by atoms with Gasteiger partial charge in [0.2, 0.25) is 0 Å². The molecule has 1 heterocycles. The smallest absolute Gasteiger partial charge is 0.338 e. The molecule has 138 valence electrons. The summed E-state index contributed by atoms with van der Waals surface area (Å²) in [6, 6.07) is 14.8. The first kappa shape index (κ1) is 18.9. The van der Waals surface area contributed by atoms with Gasteiger partial charge in [0.15, 0.2) is 11.6 Å². The van der Waals surface area contributed by atoms with Gasteiger partial charge in [0.05, 0.1) is 12.2 Å². The maximum Gasteiger partial charge on any atom is 0.338 e. The van der Waals surface area contributed by atoms with E-state index in [1.807, 2.05) is 30.3 Å². The lowest BCUT2D eigenvalue weighted by Crippen LogP contribution is -2.07. The number of carbonyl (C=O) groups excluding carboxylic acids is 1. The Morgan fingerprint density at radius 3 is 2.41 bits per heavy atom. The molecule has 0 saturated carbocycles. The Bertz CT molecular complexity index is 947. The van der Waals surface area contributed by atoms with Crippen molar-refractivity contribution >= 4 is 57.3 Å². The predicted octanol–water partition coefficient (Wildman–Crippen LogP) is 4.33. The van der Waals surface area contributed by atoms with E-state index in [1.165, 1.54) is 6.33 Å². The molecule has 1 aromatic heterocycles. The van der Waals surface area contributed by atoms with Gasteiger partial charge in [0, 0.05) is 14.9 Å². The zero-order valence-electron chi connectivity index (χ0n) is 14.6. The van der Waals surface area contributed by atoms with Crippen molar-refractivity contribution in [3.63, 3.8) is 0 Å². The predicted molar refractivity (Wildman–Crippen MR) is 115 cm³/mol. The van der Waals surface area contributed by atoms with Crippen LogP contribution >= 0.6 is 22.6 Å². The van der Waals surface area contributed by atoms with Gasteiger partial charge in [-0.25, -0.2) is 14.8 Å². The van der Waals surface area contributed by atoms with Gasteiger partial charge in [-0.3, -0.25) is 0 Å². The largest absolute Gasteiger partial charge is 0.462 e. The van der Waals surface area contributed by atoms with Crippen LogP contribution in [0.15, 0.2) is 54.9 Å². The quantitative estimate of drug-likeness (QED) is 0.360. The molecule has 7 nitrogen and oxygen atoms in total. The Balaban J connectivity index is 1.81. The summed E-state index contributed by atoms with van der Waals surface area (Å²) >= 11 is 2.24. The lowest BCUT2D eigenvalue weighted by atomic mass is 10.2. The number of nitrogens with zero attached hydrogens (tertiary/aromatic N) is 2. The maximum atomic E-state index is 11.9. The minimum absolute atomic E-state index is 0.322. The van der Waals surface area contributed by atoms with E-state index in [2.05, 4.69) is 43.2 Å². The van der Waals surface area contributed by atoms with E-state index in [-0.39, 0.29) is 5.97 Å². The summed E-state index contributed by atoms with van der Waals surface area (Å²) in [5, 5.41) is 6.30. The second kappa shape index (κ2) is 8.67. The Labute approximate surface area is 170 Å². The lowest BCUT2D eigenvalue weighted by molar-refractivity contribution is 0.0526. The summed E-state index contributed by atoms with van der Waals surface area (Å²) < 4.78 is 6.16. The SMILES string of the molecule is CCOC(=O)c1cccc(Nc2ncnc(Nc3ccc(I)cc3)c2N)c1. The highest BCUT2D eigenvalue weighted by molar-refractivity contribution is 14.1. The Kier molecular flexibility index (Phi) is 6.07. The van der Waals surface area contributed by atoms with Crippen molar-refractivity contribution in [1.82, 2.24) is 9.97 Å². The molecule has 3 rings (SSSR count). The number of ether oxygens (including phenoxy) is 1. The summed E-state index contributed by atoms with van der Waals surface area (Å²) in [7, 11) is 0. The molecule has 0 aliphatic rings. The molecule has 3 aromatic rings. The number of benzene rings is 2. The van der Waals surface area contributed by atoms with E-state index in [1.54, 1.807) is 25.1 Å². The number of hydrogen-bond acceptors (Lipinski definition) is 7. The number of esters is 1. The van der Waals surface area contributed by atoms with E-state index in [0.717, 1.165) is 9.26 Å². The zero-order chi connectivity index (χ0) is 19.2. The van der Waals surface area contributed by atoms with Crippen LogP contribution in [0.5, 0.6) is 0 Å². The van der Waals surface area contributed by atoms with Crippen LogP contribution in [0.3, 0.4) is 0 Å². The number of halogens is 1. The van der Waals surface area contributed by atoms with Crippen LogP contribution in [0.4, 0.5) is 28.7 Å². The minimum atomic E-state index is -0.377. The highest BCUT2D eigenvalue weighted by atomic mass is 127. The van der Waals surface area contributed by atoms with E-state index >= 15 is 0 Å². The number of aromatic nitrogens is 2. The molecule has 0 unspecified atom stereocenters. The van der Waals surface area contributed by atoms with Crippen LogP contribution in [-0.4, -0.2) is 22.5 Å². The van der Waals surface area contributed by atoms with Gasteiger partial charge in [-0.2, -0.15) is 0 Å². The number of anilines is 5. The molecule has 0 aliphatic heterocycles. The van der Waals surface area contributed by atoms with Crippen molar-refractivity contribution in [1.29, 1.82) is 0 Å². The van der Waals surface area contributed by atoms with Gasteiger partial charge in [-0.05, 0) is 72.0 Å². The zero-order valence-corrected chi connectivity index (χ0v) is 16.7. The van der Waals surface area contributed by atoms with Gasteiger partial charge < -0.3 is 21.1 Å². The summed E-state index contributed by atoms with van der Waals surface area (Å²) in [4.78, 5) is 20.3. The molecular formula is C19H18IN5O2. The van der Waals surface area contributed by atoms with E-state index < -0.39 is 0 Å². The standard InChI is InChI=1S/C19H18IN5O2/c1-2-27-19(26)12-4-3-5-15(10-12)25-18-16(21)17(22-11-23-18)24-14-8-6-13(20)7-9-14/h3-11H,2,21H2,1H3,(H2,22,23,24,25). The van der Waals surface area contributed by atoms with Crippen LogP contribution in [0.1, 0.15) is 17.3 Å². The summed E-state index contributed by atoms with van der Waals surface area (Å²) in [6.07, 6.45) is 1.42. The summed E-state index contributed by atoms with van der Waals surface area (Å²) in [6.45, 7) is 2.09. The normalized spacial score (nSPS) is 10.3. The molecule has 0 fully saturated rings. The highest BCUT2D eigenvalue weighted by Gasteiger charge is 2.11. The molecule has 0 atom stereocenters. The van der Waals surface area contributed by atoms with Crippen LogP contribution in [0.2, 0.25) is 0 Å². The summed E-state index contributed by atoms with van der Waals surface area (Å²) in [5.41, 5.74) is 8.58. The Morgan fingerprint density at radius 2 is 1.74 bits per heavy atom. The fraction of sp³-hybridized carbons (Fsp3) is 0.105. The number of hydrogen-bond donors (Lipinski definition) is 3. The van der Waals surface area contributed by atoms with Crippen molar-refractivity contribution in [3.8, 4) is 0 Å². The molecule has 0 spiro atoms. The highest BCUT2D eigenvalue weighted by Crippen LogP contribution is 2.28. The van der Waals surface area contributed by atoms with Gasteiger partial charge >= 0.3 is 5.97 Å². The molecule has 0 amide bonds. The third kappa shape index (κ3) is 4.85. The molecule has 0 bridgehead atoms. The second-order valence-electron chi connectivity index (χ2n) is 5.54. The van der Waals surface area contributed by atoms with Crippen LogP contribution in [-0.2, 0) is 4.74 Å². The molecular weight excluding hydrogens is 457 g/mol. The third-order valence-corrected chi connectivity index (χ3v) is 4.35. The fourth-order valence-electron chi connectivity index (χ4n) is 2.34. The maximum absolute atomic E-state index is 11.9. The molecule has 0 aliphatic carbocycles. The van der Waals surface area contributed by atoms with Gasteiger partial charge in [0.25, 0.3) is 0 Å². The molecule has 0 saturated heterocycles. The van der Waals surface area contributed by atoms with Crippen molar-refractivity contribution in [2.75, 3.05) is 23.0 Å². The third-order valence-electron chi connectivity index (χ3n) is 3.63. The van der Waals surface area contributed by atoms with Gasteiger partial charge in [-0.1, -0.05) is 6.07 Å². The molecule has 8 heteroatoms. The first-order chi connectivity index (χ1) is 13.1. The average molecular weight is 475 g/mol. The molecule has 2 aromatic carbocycles. The molecule has 0 radical (unpaired) electrons. The minimum Gasteiger partial charge on any atom is -0.462 e. The number of nitrogens with one attached hydrogen (secondary N) is 2. The van der Waals surface area contributed by atoms with Crippen molar-refractivity contribution in [3.05, 3.63) is 64.0 Å². The average Bonchev–Trinajstić information content (AvgIpc) is 2.67. The second-order valence-corrected chi connectivity index (χ2v) is 6.79. The van der Waals surface area contributed by atoms with Gasteiger partial charge in [0.1, 0.15) is 12.0 Å². The molecule has 4 N–H and O–H groups in total. The molecule has 27 heavy (non-hydrogen) atoms. The van der Waals surface area contributed by atoms with Crippen LogP contribution < -0.4 is 16.4 Å². The monoisotopic (exact) mass is 475 g/mol. The van der Waals surface area contributed by atoms with E-state index in [0.29, 0.717) is 35.2 Å². The summed E-state index contributed by atoms with van der Waals surface area (Å²) in [5.74, 6) is 0.562. The number of nitrogens with two attached hydrogens (primary N) is 1. The van der Waals surface area contributed by atoms with Crippen molar-refractivity contribution in [2.24, 2.45) is 0 Å². The first-order valence-corrected chi connectivity index (χ1v) is 9.32. The lowest BCUT2D eigenvalue weighted by Gasteiger charge is -2.13. The Morgan fingerprint density at radius 1 is 1.07 bits per heavy atom. The van der Waals surface area contributed by atoms with E-state index in [9.17, 15) is 4.79 Å². The van der Waals surface area contributed by atoms with Gasteiger partial charge in [-0.15, -0.1) is 0 Å². The van der Waals surface area contributed by atoms with Crippen LogP contribution in [0.25, 0.3) is 0 Å². The number of rotatable bonds is 6. The number of carbonyl (C=O) groups is 1. The topological polar surface area (TPSA) is 102 Å².